The van der Waals surface area contributed by atoms with Gasteiger partial charge in [-0.25, -0.2) is 12.8 Å². The molecule has 0 heterocycles. The van der Waals surface area contributed by atoms with Gasteiger partial charge in [0.25, 0.3) is 10.0 Å². The molecule has 0 aliphatic rings. The van der Waals surface area contributed by atoms with Crippen molar-refractivity contribution in [1.82, 2.24) is 0 Å². The third-order valence-electron chi connectivity index (χ3n) is 3.08. The molecule has 3 nitrogen and oxygen atoms in total. The van der Waals surface area contributed by atoms with E-state index in [1.807, 2.05) is 26.8 Å². The number of nitrogens with one attached hydrogen (secondary N) is 1. The molecule has 0 aliphatic carbocycles. The van der Waals surface area contributed by atoms with Crippen LogP contribution in [0.3, 0.4) is 0 Å². The molecule has 0 bridgehead atoms. The Hall–Kier alpha value is -1.59. The van der Waals surface area contributed by atoms with Crippen LogP contribution in [0.15, 0.2) is 53.4 Å². The first-order valence-corrected chi connectivity index (χ1v) is 8.06. The number of halogens is 2. The lowest BCUT2D eigenvalue weighted by Gasteiger charge is -2.22. The highest BCUT2D eigenvalue weighted by atomic mass is 35.5. The summed E-state index contributed by atoms with van der Waals surface area (Å²) >= 11 is 0. The second-order valence-electron chi connectivity index (χ2n) is 5.86. The highest BCUT2D eigenvalue weighted by molar-refractivity contribution is 7.92. The maximum absolute atomic E-state index is 12.9. The Kier molecular flexibility index (Phi) is 5.59. The summed E-state index contributed by atoms with van der Waals surface area (Å²) in [7, 11) is -3.71. The summed E-state index contributed by atoms with van der Waals surface area (Å²) in [6.07, 6.45) is 0. The Bertz CT molecular complexity index is 737. The first kappa shape index (κ1) is 18.5. The van der Waals surface area contributed by atoms with Gasteiger partial charge < -0.3 is 0 Å². The molecule has 0 atom stereocenters. The smallest absolute Gasteiger partial charge is 0.262 e. The number of sulfonamides is 1. The predicted octanol–water partition coefficient (Wildman–Crippen LogP) is 4.35. The number of benzene rings is 2. The fourth-order valence-corrected chi connectivity index (χ4v) is 3.53. The summed E-state index contributed by atoms with van der Waals surface area (Å²) in [6.45, 7) is 5.87. The summed E-state index contributed by atoms with van der Waals surface area (Å²) in [5.41, 5.74) is 0.772. The topological polar surface area (TPSA) is 46.2 Å². The summed E-state index contributed by atoms with van der Waals surface area (Å²) in [5, 5.41) is 0. The lowest BCUT2D eigenvalue weighted by atomic mass is 9.87. The molecule has 0 aliphatic heterocycles. The van der Waals surface area contributed by atoms with Crippen molar-refractivity contribution < 1.29 is 12.8 Å². The van der Waals surface area contributed by atoms with Crippen LogP contribution in [0.1, 0.15) is 26.3 Å². The average Bonchev–Trinajstić information content (AvgIpc) is 2.40. The normalized spacial score (nSPS) is 11.6. The Morgan fingerprint density at radius 2 is 1.50 bits per heavy atom. The van der Waals surface area contributed by atoms with Gasteiger partial charge in [-0.05, 0) is 41.3 Å². The van der Waals surface area contributed by atoms with E-state index >= 15 is 0 Å². The van der Waals surface area contributed by atoms with Gasteiger partial charge in [0.15, 0.2) is 0 Å². The molecule has 2 aromatic carbocycles. The van der Waals surface area contributed by atoms with Crippen molar-refractivity contribution in [2.45, 2.75) is 31.1 Å². The van der Waals surface area contributed by atoms with E-state index in [0.717, 1.165) is 5.56 Å². The van der Waals surface area contributed by atoms with Crippen molar-refractivity contribution in [3.8, 4) is 0 Å². The second kappa shape index (κ2) is 6.67. The van der Waals surface area contributed by atoms with Crippen LogP contribution in [0, 0.1) is 5.82 Å². The van der Waals surface area contributed by atoms with E-state index in [4.69, 9.17) is 0 Å². The molecule has 22 heavy (non-hydrogen) atoms. The Morgan fingerprint density at radius 1 is 0.955 bits per heavy atom. The van der Waals surface area contributed by atoms with Crippen LogP contribution in [0.4, 0.5) is 10.1 Å². The van der Waals surface area contributed by atoms with Crippen LogP contribution < -0.4 is 4.72 Å². The van der Waals surface area contributed by atoms with Crippen molar-refractivity contribution in [2.75, 3.05) is 4.72 Å². The van der Waals surface area contributed by atoms with E-state index in [1.54, 1.807) is 18.2 Å². The lowest BCUT2D eigenvalue weighted by Crippen LogP contribution is -2.20. The molecule has 0 amide bonds. The molecule has 2 rings (SSSR count). The Labute approximate surface area is 137 Å². The Morgan fingerprint density at radius 3 is 2.05 bits per heavy atom. The lowest BCUT2D eigenvalue weighted by molar-refractivity contribution is 0.563. The van der Waals surface area contributed by atoms with Crippen molar-refractivity contribution >= 4 is 28.1 Å². The standard InChI is InChI=1S/C16H18FNO2S.ClH/c1-16(2,3)14-6-4-5-7-15(14)21(19,20)18-13-10-8-12(17)9-11-13;/h4-11,18H,1-3H3;1H. The maximum atomic E-state index is 12.9. The summed E-state index contributed by atoms with van der Waals surface area (Å²) in [5.74, 6) is -0.409. The number of rotatable bonds is 3. The van der Waals surface area contributed by atoms with E-state index in [0.29, 0.717) is 5.69 Å². The molecule has 0 aromatic heterocycles. The molecule has 0 radical (unpaired) electrons. The quantitative estimate of drug-likeness (QED) is 0.900. The largest absolute Gasteiger partial charge is 0.280 e. The highest BCUT2D eigenvalue weighted by Crippen LogP contribution is 2.29. The van der Waals surface area contributed by atoms with Crippen LogP contribution in [-0.2, 0) is 15.4 Å². The maximum Gasteiger partial charge on any atom is 0.262 e. The minimum Gasteiger partial charge on any atom is -0.280 e. The van der Waals surface area contributed by atoms with Crippen LogP contribution in [0.2, 0.25) is 0 Å². The van der Waals surface area contributed by atoms with Crippen LogP contribution >= 0.6 is 12.4 Å². The first-order chi connectivity index (χ1) is 9.70. The summed E-state index contributed by atoms with van der Waals surface area (Å²) < 4.78 is 40.5. The van der Waals surface area contributed by atoms with Crippen molar-refractivity contribution in [3.05, 3.63) is 59.9 Å². The SMILES string of the molecule is CC(C)(C)c1ccccc1S(=O)(=O)Nc1ccc(F)cc1.Cl. The fraction of sp³-hybridized carbons (Fsp3) is 0.250. The molecule has 0 spiro atoms. The van der Waals surface area contributed by atoms with Crippen LogP contribution in [0.5, 0.6) is 0 Å². The summed E-state index contributed by atoms with van der Waals surface area (Å²) in [6, 6.07) is 12.1. The molecule has 6 heteroatoms. The number of hydrogen-bond donors (Lipinski definition) is 1. The molecular weight excluding hydrogens is 325 g/mol. The van der Waals surface area contributed by atoms with Crippen molar-refractivity contribution in [3.63, 3.8) is 0 Å². The third-order valence-corrected chi connectivity index (χ3v) is 4.52. The second-order valence-corrected chi connectivity index (χ2v) is 7.51. The minimum absolute atomic E-state index is 0. The van der Waals surface area contributed by atoms with E-state index < -0.39 is 15.8 Å². The van der Waals surface area contributed by atoms with Gasteiger partial charge >= 0.3 is 0 Å². The van der Waals surface area contributed by atoms with Crippen molar-refractivity contribution in [1.29, 1.82) is 0 Å². The third kappa shape index (κ3) is 4.21. The van der Waals surface area contributed by atoms with E-state index in [9.17, 15) is 12.8 Å². The van der Waals surface area contributed by atoms with Gasteiger partial charge in [-0.15, -0.1) is 12.4 Å². The number of anilines is 1. The van der Waals surface area contributed by atoms with E-state index in [-0.39, 0.29) is 22.7 Å². The molecule has 0 saturated carbocycles. The zero-order valence-electron chi connectivity index (χ0n) is 12.6. The van der Waals surface area contributed by atoms with Gasteiger partial charge in [-0.3, -0.25) is 4.72 Å². The fourth-order valence-electron chi connectivity index (χ4n) is 2.05. The van der Waals surface area contributed by atoms with Gasteiger partial charge in [-0.2, -0.15) is 0 Å². The minimum atomic E-state index is -3.71. The zero-order valence-corrected chi connectivity index (χ0v) is 14.3. The van der Waals surface area contributed by atoms with Crippen molar-refractivity contribution in [2.24, 2.45) is 0 Å². The van der Waals surface area contributed by atoms with E-state index in [2.05, 4.69) is 4.72 Å². The molecule has 120 valence electrons. The van der Waals surface area contributed by atoms with Gasteiger partial charge in [0, 0.05) is 5.69 Å². The average molecular weight is 344 g/mol. The van der Waals surface area contributed by atoms with Gasteiger partial charge in [-0.1, -0.05) is 39.0 Å². The van der Waals surface area contributed by atoms with Gasteiger partial charge in [0.1, 0.15) is 5.82 Å². The monoisotopic (exact) mass is 343 g/mol. The van der Waals surface area contributed by atoms with Gasteiger partial charge in [0.05, 0.1) is 4.90 Å². The van der Waals surface area contributed by atoms with Crippen LogP contribution in [-0.4, -0.2) is 8.42 Å². The summed E-state index contributed by atoms with van der Waals surface area (Å²) in [4.78, 5) is 0.238. The molecule has 0 saturated heterocycles. The van der Waals surface area contributed by atoms with E-state index in [1.165, 1.54) is 24.3 Å². The van der Waals surface area contributed by atoms with Gasteiger partial charge in [0.2, 0.25) is 0 Å². The Balaban J connectivity index is 0.00000242. The first-order valence-electron chi connectivity index (χ1n) is 6.58. The van der Waals surface area contributed by atoms with Crippen LogP contribution in [0.25, 0.3) is 0 Å². The molecule has 0 unspecified atom stereocenters. The zero-order chi connectivity index (χ0) is 15.7. The molecule has 2 aromatic rings. The molecule has 1 N–H and O–H groups in total. The molecule has 0 fully saturated rings. The highest BCUT2D eigenvalue weighted by Gasteiger charge is 2.25. The number of hydrogen-bond acceptors (Lipinski definition) is 2. The molecular formula is C16H19ClFNO2S. The predicted molar refractivity (Wildman–Crippen MR) is 89.6 cm³/mol.